The highest BCUT2D eigenvalue weighted by atomic mass is 19.1. The fourth-order valence-electron chi connectivity index (χ4n) is 4.13. The molecular weight excluding hydrogens is 369 g/mol. The summed E-state index contributed by atoms with van der Waals surface area (Å²) < 4.78 is 15.3. The van der Waals surface area contributed by atoms with Crippen molar-refractivity contribution in [1.29, 1.82) is 0 Å². The zero-order valence-corrected chi connectivity index (χ0v) is 16.4. The number of carbonyl (C=O) groups is 2. The molecule has 3 aromatic rings. The molecule has 4 rings (SSSR count). The van der Waals surface area contributed by atoms with Crippen LogP contribution in [0.4, 0.5) is 4.39 Å². The van der Waals surface area contributed by atoms with Gasteiger partial charge in [-0.3, -0.25) is 9.59 Å². The smallest absolute Gasteiger partial charge is 0.246 e. The van der Waals surface area contributed by atoms with Crippen LogP contribution in [0, 0.1) is 19.7 Å². The number of aryl methyl sites for hydroxylation is 2. The summed E-state index contributed by atoms with van der Waals surface area (Å²) in [6.07, 6.45) is 1.27. The fraction of sp³-hybridized carbons (Fsp3) is 0.217. The monoisotopic (exact) mass is 391 g/mol. The number of carbonyl (C=O) groups excluding carboxylic acids is 2. The zero-order valence-electron chi connectivity index (χ0n) is 16.4. The minimum atomic E-state index is -0.507. The normalized spacial score (nSPS) is 13.0. The number of amides is 2. The van der Waals surface area contributed by atoms with Gasteiger partial charge in [0.2, 0.25) is 11.8 Å². The van der Waals surface area contributed by atoms with Crippen LogP contribution in [-0.2, 0) is 29.1 Å². The Morgan fingerprint density at radius 2 is 1.97 bits per heavy atom. The van der Waals surface area contributed by atoms with Crippen molar-refractivity contribution in [3.8, 4) is 11.1 Å². The van der Waals surface area contributed by atoms with Gasteiger partial charge in [0.05, 0.1) is 11.9 Å². The van der Waals surface area contributed by atoms with E-state index < -0.39 is 11.7 Å². The van der Waals surface area contributed by atoms with Crippen LogP contribution in [0.2, 0.25) is 0 Å². The first-order valence-corrected chi connectivity index (χ1v) is 9.42. The molecule has 6 heteroatoms. The molecule has 1 aliphatic rings. The summed E-state index contributed by atoms with van der Waals surface area (Å²) in [6, 6.07) is 7.16. The minimum absolute atomic E-state index is 0.0318. The molecule has 1 aliphatic heterocycles. The number of hydrogen-bond donors (Lipinski definition) is 2. The number of nitrogens with one attached hydrogen (secondary N) is 1. The molecule has 0 atom stereocenters. The van der Waals surface area contributed by atoms with Gasteiger partial charge in [-0.2, -0.15) is 0 Å². The van der Waals surface area contributed by atoms with Crippen LogP contribution in [0.3, 0.4) is 0 Å². The van der Waals surface area contributed by atoms with Gasteiger partial charge in [-0.25, -0.2) is 4.39 Å². The lowest BCUT2D eigenvalue weighted by atomic mass is 9.93. The fourth-order valence-corrected chi connectivity index (χ4v) is 4.13. The number of hydrogen-bond acceptors (Lipinski definition) is 2. The van der Waals surface area contributed by atoms with Gasteiger partial charge in [-0.15, -0.1) is 0 Å². The van der Waals surface area contributed by atoms with Gasteiger partial charge in [0.15, 0.2) is 0 Å². The van der Waals surface area contributed by atoms with Crippen LogP contribution in [0.1, 0.15) is 27.9 Å². The van der Waals surface area contributed by atoms with Crippen LogP contribution in [0.15, 0.2) is 36.9 Å². The van der Waals surface area contributed by atoms with Crippen molar-refractivity contribution >= 4 is 22.7 Å². The van der Waals surface area contributed by atoms with Crippen LogP contribution >= 0.6 is 0 Å². The molecule has 0 fully saturated rings. The van der Waals surface area contributed by atoms with Gasteiger partial charge in [0.1, 0.15) is 5.82 Å². The van der Waals surface area contributed by atoms with E-state index in [4.69, 9.17) is 5.73 Å². The highest BCUT2D eigenvalue weighted by Crippen LogP contribution is 2.38. The second-order valence-corrected chi connectivity index (χ2v) is 7.54. The summed E-state index contributed by atoms with van der Waals surface area (Å²) in [5.74, 6) is -1.02. The molecule has 2 aromatic carbocycles. The maximum Gasteiger partial charge on any atom is 0.246 e. The van der Waals surface area contributed by atoms with Crippen LogP contribution in [0.25, 0.3) is 22.0 Å². The van der Waals surface area contributed by atoms with Crippen LogP contribution < -0.4 is 5.73 Å². The lowest BCUT2D eigenvalue weighted by Gasteiger charge is -2.12. The number of benzene rings is 2. The van der Waals surface area contributed by atoms with Gasteiger partial charge in [0, 0.05) is 29.7 Å². The maximum atomic E-state index is 15.3. The zero-order chi connectivity index (χ0) is 20.9. The topological polar surface area (TPSA) is 79.2 Å². The number of nitrogens with two attached hydrogens (primary N) is 1. The van der Waals surface area contributed by atoms with Crippen molar-refractivity contribution in [3.05, 3.63) is 70.7 Å². The number of rotatable bonds is 4. The lowest BCUT2D eigenvalue weighted by molar-refractivity contribution is -0.126. The Bertz CT molecular complexity index is 1190. The third-order valence-electron chi connectivity index (χ3n) is 5.68. The molecule has 0 saturated carbocycles. The number of halogens is 1. The van der Waals surface area contributed by atoms with E-state index in [1.807, 2.05) is 32.0 Å². The standard InChI is InChI=1S/C23H22FN3O2/c1-4-20(29)27-10-15-6-5-14(7-17(15)11-27)22-18(24)8-16(9-19(25)28)23-21(22)12(2)13(3)26-23/h4-8,26H,1,9-11H2,2-3H3,(H2,25,28). The van der Waals surface area contributed by atoms with E-state index in [0.29, 0.717) is 24.2 Å². The molecule has 0 bridgehead atoms. The summed E-state index contributed by atoms with van der Waals surface area (Å²) in [7, 11) is 0. The molecule has 3 N–H and O–H groups in total. The molecule has 2 amide bonds. The third kappa shape index (κ3) is 3.10. The second kappa shape index (κ2) is 6.88. The Morgan fingerprint density at radius 3 is 2.66 bits per heavy atom. The molecular formula is C23H22FN3O2. The second-order valence-electron chi connectivity index (χ2n) is 7.54. The van der Waals surface area contributed by atoms with Gasteiger partial charge in [0.25, 0.3) is 0 Å². The Balaban J connectivity index is 1.88. The highest BCUT2D eigenvalue weighted by molar-refractivity contribution is 6.01. The van der Waals surface area contributed by atoms with E-state index in [1.54, 1.807) is 4.90 Å². The molecule has 2 heterocycles. The number of H-pyrrole nitrogens is 1. The maximum absolute atomic E-state index is 15.3. The van der Waals surface area contributed by atoms with E-state index in [1.165, 1.54) is 12.1 Å². The Kier molecular flexibility index (Phi) is 4.49. The van der Waals surface area contributed by atoms with E-state index in [-0.39, 0.29) is 12.3 Å². The number of aromatic amines is 1. The molecule has 29 heavy (non-hydrogen) atoms. The summed E-state index contributed by atoms with van der Waals surface area (Å²) in [5, 5.41) is 0.760. The summed E-state index contributed by atoms with van der Waals surface area (Å²) in [6.45, 7) is 8.40. The molecule has 5 nitrogen and oxygen atoms in total. The summed E-state index contributed by atoms with van der Waals surface area (Å²) in [4.78, 5) is 28.4. The average Bonchev–Trinajstić information content (AvgIpc) is 3.22. The highest BCUT2D eigenvalue weighted by Gasteiger charge is 2.24. The van der Waals surface area contributed by atoms with E-state index in [0.717, 1.165) is 38.9 Å². The molecule has 0 unspecified atom stereocenters. The van der Waals surface area contributed by atoms with Crippen molar-refractivity contribution in [2.75, 3.05) is 0 Å². The third-order valence-corrected chi connectivity index (χ3v) is 5.68. The van der Waals surface area contributed by atoms with Gasteiger partial charge < -0.3 is 15.6 Å². The quantitative estimate of drug-likeness (QED) is 0.666. The van der Waals surface area contributed by atoms with Crippen molar-refractivity contribution in [2.45, 2.75) is 33.4 Å². The number of nitrogens with zero attached hydrogens (tertiary/aromatic N) is 1. The van der Waals surface area contributed by atoms with Gasteiger partial charge >= 0.3 is 0 Å². The van der Waals surface area contributed by atoms with Gasteiger partial charge in [-0.05, 0) is 59.9 Å². The lowest BCUT2D eigenvalue weighted by Crippen LogP contribution is -2.22. The predicted molar refractivity (Wildman–Crippen MR) is 111 cm³/mol. The molecule has 0 aliphatic carbocycles. The molecule has 0 spiro atoms. The molecule has 1 aromatic heterocycles. The largest absolute Gasteiger partial charge is 0.369 e. The van der Waals surface area contributed by atoms with E-state index in [9.17, 15) is 9.59 Å². The minimum Gasteiger partial charge on any atom is -0.369 e. The van der Waals surface area contributed by atoms with Gasteiger partial charge in [-0.1, -0.05) is 18.7 Å². The first-order valence-electron chi connectivity index (χ1n) is 9.42. The molecule has 0 radical (unpaired) electrons. The predicted octanol–water partition coefficient (Wildman–Crippen LogP) is 3.65. The molecule has 0 saturated heterocycles. The van der Waals surface area contributed by atoms with E-state index >= 15 is 4.39 Å². The van der Waals surface area contributed by atoms with Crippen molar-refractivity contribution in [2.24, 2.45) is 5.73 Å². The SMILES string of the molecule is C=CC(=O)N1Cc2ccc(-c3c(F)cc(CC(N)=O)c4[nH]c(C)c(C)c34)cc2C1. The summed E-state index contributed by atoms with van der Waals surface area (Å²) in [5.41, 5.74) is 11.8. The van der Waals surface area contributed by atoms with Crippen molar-refractivity contribution < 1.29 is 14.0 Å². The first kappa shape index (κ1) is 18.9. The molecule has 148 valence electrons. The van der Waals surface area contributed by atoms with Crippen molar-refractivity contribution in [1.82, 2.24) is 9.88 Å². The average molecular weight is 391 g/mol. The Morgan fingerprint density at radius 1 is 1.24 bits per heavy atom. The van der Waals surface area contributed by atoms with Crippen LogP contribution in [0.5, 0.6) is 0 Å². The summed E-state index contributed by atoms with van der Waals surface area (Å²) >= 11 is 0. The van der Waals surface area contributed by atoms with Crippen molar-refractivity contribution in [3.63, 3.8) is 0 Å². The number of fused-ring (bicyclic) bond motifs is 2. The Hall–Kier alpha value is -3.41. The van der Waals surface area contributed by atoms with Crippen LogP contribution in [-0.4, -0.2) is 21.7 Å². The first-order chi connectivity index (χ1) is 13.8. The number of primary amides is 1. The Labute approximate surface area is 168 Å². The number of aromatic nitrogens is 1. The van der Waals surface area contributed by atoms with E-state index in [2.05, 4.69) is 11.6 Å².